The maximum Gasteiger partial charge on any atom is 0.0424 e. The fourth-order valence-electron chi connectivity index (χ4n) is 0.527. The van der Waals surface area contributed by atoms with Gasteiger partial charge < -0.3 is 4.90 Å². The first-order valence-electron chi connectivity index (χ1n) is 3.67. The van der Waals surface area contributed by atoms with Gasteiger partial charge in [-0.1, -0.05) is 13.0 Å². The largest absolute Gasteiger partial charge is 0.377 e. The molecule has 0 aromatic carbocycles. The van der Waals surface area contributed by atoms with Gasteiger partial charge in [0, 0.05) is 19.0 Å². The van der Waals surface area contributed by atoms with E-state index in [1.807, 2.05) is 7.05 Å². The first kappa shape index (κ1) is 9.83. The topological polar surface area (TPSA) is 3.24 Å². The number of allylic oxidation sites excluding steroid dienone is 1. The van der Waals surface area contributed by atoms with Gasteiger partial charge in [0.15, 0.2) is 0 Å². The van der Waals surface area contributed by atoms with Crippen molar-refractivity contribution < 1.29 is 0 Å². The summed E-state index contributed by atoms with van der Waals surface area (Å²) in [5.41, 5.74) is 0. The molecule has 0 heterocycles. The van der Waals surface area contributed by atoms with Gasteiger partial charge in [-0.2, -0.15) is 0 Å². The van der Waals surface area contributed by atoms with Crippen LogP contribution in [-0.2, 0) is 0 Å². The zero-order chi connectivity index (χ0) is 7.98. The molecule has 1 unspecified atom stereocenters. The summed E-state index contributed by atoms with van der Waals surface area (Å²) in [6.07, 6.45) is 5.29. The molecule has 0 amide bonds. The quantitative estimate of drug-likeness (QED) is 0.573. The lowest BCUT2D eigenvalue weighted by Crippen LogP contribution is -2.24. The Morgan fingerprint density at radius 1 is 1.60 bits per heavy atom. The summed E-state index contributed by atoms with van der Waals surface area (Å²) in [4.78, 5) is 2.12. The van der Waals surface area contributed by atoms with Crippen LogP contribution in [0.15, 0.2) is 12.3 Å². The molecule has 10 heavy (non-hydrogen) atoms. The molecule has 0 bridgehead atoms. The fraction of sp³-hybridized carbons (Fsp3) is 0.750. The lowest BCUT2D eigenvalue weighted by Gasteiger charge is -2.20. The third kappa shape index (κ3) is 3.78. The van der Waals surface area contributed by atoms with E-state index in [0.29, 0.717) is 11.9 Å². The standard InChI is InChI=1S/C8H16ClN/c1-4-5-6-10(3)8(2)7-9/h5-6,8H,4,7H2,1-3H3/b6-5-. The van der Waals surface area contributed by atoms with Gasteiger partial charge in [0.1, 0.15) is 0 Å². The number of nitrogens with zero attached hydrogens (tertiary/aromatic N) is 1. The van der Waals surface area contributed by atoms with Crippen LogP contribution in [-0.4, -0.2) is 23.9 Å². The SMILES string of the molecule is CC/C=C\N(C)C(C)CCl. The Labute approximate surface area is 68.7 Å². The summed E-state index contributed by atoms with van der Waals surface area (Å²) in [7, 11) is 2.04. The number of halogens is 1. The molecule has 0 saturated heterocycles. The van der Waals surface area contributed by atoms with Crippen LogP contribution in [0.2, 0.25) is 0 Å². The monoisotopic (exact) mass is 161 g/mol. The second-order valence-electron chi connectivity index (χ2n) is 2.46. The van der Waals surface area contributed by atoms with Crippen LogP contribution < -0.4 is 0 Å². The molecule has 1 nitrogen and oxygen atoms in total. The lowest BCUT2D eigenvalue weighted by atomic mass is 10.3. The van der Waals surface area contributed by atoms with Crippen LogP contribution in [0.25, 0.3) is 0 Å². The molecule has 0 aliphatic carbocycles. The van der Waals surface area contributed by atoms with E-state index in [0.717, 1.165) is 6.42 Å². The second-order valence-corrected chi connectivity index (χ2v) is 2.77. The van der Waals surface area contributed by atoms with Crippen LogP contribution in [0.3, 0.4) is 0 Å². The molecule has 0 rings (SSSR count). The highest BCUT2D eigenvalue weighted by Crippen LogP contribution is 1.98. The number of hydrogen-bond donors (Lipinski definition) is 0. The van der Waals surface area contributed by atoms with Crippen LogP contribution in [0, 0.1) is 0 Å². The van der Waals surface area contributed by atoms with Gasteiger partial charge in [-0.3, -0.25) is 0 Å². The minimum atomic E-state index is 0.435. The van der Waals surface area contributed by atoms with Gasteiger partial charge in [0.05, 0.1) is 0 Å². The molecule has 0 N–H and O–H groups in total. The predicted octanol–water partition coefficient (Wildman–Crippen LogP) is 2.47. The van der Waals surface area contributed by atoms with Crippen molar-refractivity contribution in [2.75, 3.05) is 12.9 Å². The average Bonchev–Trinajstić information content (AvgIpc) is 1.98. The number of alkyl halides is 1. The average molecular weight is 162 g/mol. The van der Waals surface area contributed by atoms with Crippen molar-refractivity contribution >= 4 is 11.6 Å². The molecular weight excluding hydrogens is 146 g/mol. The van der Waals surface area contributed by atoms with E-state index in [4.69, 9.17) is 11.6 Å². The van der Waals surface area contributed by atoms with Crippen molar-refractivity contribution in [1.82, 2.24) is 4.90 Å². The van der Waals surface area contributed by atoms with Crippen molar-refractivity contribution in [3.63, 3.8) is 0 Å². The molecule has 0 radical (unpaired) electrons. The predicted molar refractivity (Wildman–Crippen MR) is 47.4 cm³/mol. The van der Waals surface area contributed by atoms with E-state index >= 15 is 0 Å². The smallest absolute Gasteiger partial charge is 0.0424 e. The highest BCUT2D eigenvalue weighted by molar-refractivity contribution is 6.18. The summed E-state index contributed by atoms with van der Waals surface area (Å²) in [6, 6.07) is 0.435. The van der Waals surface area contributed by atoms with Crippen LogP contribution in [0.1, 0.15) is 20.3 Å². The zero-order valence-electron chi connectivity index (χ0n) is 6.97. The Balaban J connectivity index is 3.60. The van der Waals surface area contributed by atoms with E-state index in [1.54, 1.807) is 0 Å². The van der Waals surface area contributed by atoms with Gasteiger partial charge in [-0.05, 0) is 19.5 Å². The Kier molecular flexibility index (Phi) is 5.51. The molecule has 1 atom stereocenters. The van der Waals surface area contributed by atoms with Crippen molar-refractivity contribution in [2.24, 2.45) is 0 Å². The number of rotatable bonds is 4. The normalized spacial score (nSPS) is 14.0. The zero-order valence-corrected chi connectivity index (χ0v) is 7.73. The molecule has 0 aliphatic heterocycles. The summed E-state index contributed by atoms with van der Waals surface area (Å²) < 4.78 is 0. The molecule has 0 aromatic heterocycles. The molecule has 0 saturated carbocycles. The van der Waals surface area contributed by atoms with E-state index in [1.165, 1.54) is 0 Å². The third-order valence-electron chi connectivity index (χ3n) is 1.49. The third-order valence-corrected chi connectivity index (χ3v) is 1.94. The fourth-order valence-corrected chi connectivity index (χ4v) is 0.745. The molecule has 0 fully saturated rings. The van der Waals surface area contributed by atoms with Crippen LogP contribution >= 0.6 is 11.6 Å². The van der Waals surface area contributed by atoms with Crippen molar-refractivity contribution in [3.8, 4) is 0 Å². The summed E-state index contributed by atoms with van der Waals surface area (Å²) >= 11 is 5.65. The lowest BCUT2D eigenvalue weighted by molar-refractivity contribution is 0.378. The number of hydrogen-bond acceptors (Lipinski definition) is 1. The van der Waals surface area contributed by atoms with Gasteiger partial charge in [-0.25, -0.2) is 0 Å². The summed E-state index contributed by atoms with van der Waals surface area (Å²) in [5, 5.41) is 0. The molecule has 60 valence electrons. The summed E-state index contributed by atoms with van der Waals surface area (Å²) in [5.74, 6) is 0.685. The maximum absolute atomic E-state index is 5.65. The van der Waals surface area contributed by atoms with Gasteiger partial charge in [0.2, 0.25) is 0 Å². The molecular formula is C8H16ClN. The molecule has 2 heteroatoms. The summed E-state index contributed by atoms with van der Waals surface area (Å²) in [6.45, 7) is 4.22. The maximum atomic E-state index is 5.65. The van der Waals surface area contributed by atoms with Gasteiger partial charge in [0.25, 0.3) is 0 Å². The van der Waals surface area contributed by atoms with Crippen LogP contribution in [0.4, 0.5) is 0 Å². The second kappa shape index (κ2) is 5.60. The van der Waals surface area contributed by atoms with E-state index in [-0.39, 0.29) is 0 Å². The van der Waals surface area contributed by atoms with Crippen molar-refractivity contribution in [2.45, 2.75) is 26.3 Å². The van der Waals surface area contributed by atoms with E-state index in [2.05, 4.69) is 31.0 Å². The van der Waals surface area contributed by atoms with E-state index < -0.39 is 0 Å². The molecule has 0 aliphatic rings. The van der Waals surface area contributed by atoms with Crippen molar-refractivity contribution in [3.05, 3.63) is 12.3 Å². The molecule has 0 aromatic rings. The Bertz CT molecular complexity index is 101. The first-order chi connectivity index (χ1) is 4.72. The minimum absolute atomic E-state index is 0.435. The Morgan fingerprint density at radius 2 is 2.20 bits per heavy atom. The van der Waals surface area contributed by atoms with Crippen molar-refractivity contribution in [1.29, 1.82) is 0 Å². The Hall–Kier alpha value is -0.170. The van der Waals surface area contributed by atoms with Crippen LogP contribution in [0.5, 0.6) is 0 Å². The minimum Gasteiger partial charge on any atom is -0.377 e. The van der Waals surface area contributed by atoms with Gasteiger partial charge in [-0.15, -0.1) is 11.6 Å². The Morgan fingerprint density at radius 3 is 2.60 bits per heavy atom. The molecule has 0 spiro atoms. The van der Waals surface area contributed by atoms with Gasteiger partial charge >= 0.3 is 0 Å². The van der Waals surface area contributed by atoms with E-state index in [9.17, 15) is 0 Å². The highest BCUT2D eigenvalue weighted by Gasteiger charge is 2.00. The first-order valence-corrected chi connectivity index (χ1v) is 4.20. The highest BCUT2D eigenvalue weighted by atomic mass is 35.5.